The number of aromatic nitrogens is 1. The van der Waals surface area contributed by atoms with Gasteiger partial charge in [-0.25, -0.2) is 18.2 Å². The molecular weight excluding hydrogens is 449 g/mol. The van der Waals surface area contributed by atoms with Crippen LogP contribution >= 0.6 is 0 Å². The van der Waals surface area contributed by atoms with E-state index in [4.69, 9.17) is 10.5 Å². The lowest BCUT2D eigenvalue weighted by Crippen LogP contribution is -2.56. The first-order chi connectivity index (χ1) is 15.5. The molecule has 2 aromatic rings. The van der Waals surface area contributed by atoms with E-state index in [9.17, 15) is 26.7 Å². The maximum Gasteiger partial charge on any atom is 0.387 e. The van der Waals surface area contributed by atoms with Crippen LogP contribution in [0.4, 0.5) is 22.0 Å². The quantitative estimate of drug-likeness (QED) is 0.467. The van der Waals surface area contributed by atoms with Crippen molar-refractivity contribution in [1.29, 1.82) is 0 Å². The molecule has 1 aliphatic heterocycles. The van der Waals surface area contributed by atoms with Crippen LogP contribution < -0.4 is 10.5 Å². The number of carbonyl (C=O) groups excluding carboxylic acids is 1. The third-order valence-electron chi connectivity index (χ3n) is 5.41. The van der Waals surface area contributed by atoms with Gasteiger partial charge in [0.05, 0.1) is 12.8 Å². The number of amidine groups is 1. The fourth-order valence-electron chi connectivity index (χ4n) is 3.51. The van der Waals surface area contributed by atoms with Crippen molar-refractivity contribution in [1.82, 2.24) is 4.98 Å². The van der Waals surface area contributed by atoms with E-state index in [0.717, 1.165) is 12.3 Å². The molecule has 0 amide bonds. The summed E-state index contributed by atoms with van der Waals surface area (Å²) in [6, 6.07) is 5.20. The van der Waals surface area contributed by atoms with E-state index in [1.54, 1.807) is 0 Å². The van der Waals surface area contributed by atoms with Gasteiger partial charge in [-0.1, -0.05) is 6.07 Å². The van der Waals surface area contributed by atoms with Gasteiger partial charge in [0.1, 0.15) is 42.0 Å². The molecule has 11 heteroatoms. The van der Waals surface area contributed by atoms with Crippen LogP contribution in [0, 0.1) is 12.7 Å². The van der Waals surface area contributed by atoms with Crippen molar-refractivity contribution in [2.75, 3.05) is 20.0 Å². The SMILES string of the molecule is Cc1cc(OC(F)F)cnc1C(=O)Cc1ccc(F)c(C2(C)COC(CF)(CF)C(N)=N2)c1. The molecule has 1 atom stereocenters. The summed E-state index contributed by atoms with van der Waals surface area (Å²) in [4.78, 5) is 20.8. The molecule has 1 unspecified atom stereocenters. The Bertz CT molecular complexity index is 1080. The van der Waals surface area contributed by atoms with Gasteiger partial charge < -0.3 is 15.2 Å². The van der Waals surface area contributed by atoms with Crippen molar-refractivity contribution in [3.63, 3.8) is 0 Å². The van der Waals surface area contributed by atoms with E-state index in [0.29, 0.717) is 11.1 Å². The maximum absolute atomic E-state index is 14.7. The highest BCUT2D eigenvalue weighted by Crippen LogP contribution is 2.35. The molecule has 178 valence electrons. The van der Waals surface area contributed by atoms with Crippen molar-refractivity contribution >= 4 is 11.6 Å². The lowest BCUT2D eigenvalue weighted by atomic mass is 9.88. The van der Waals surface area contributed by atoms with Crippen molar-refractivity contribution in [2.45, 2.75) is 38.0 Å². The van der Waals surface area contributed by atoms with Crippen molar-refractivity contribution < 1.29 is 36.2 Å². The molecule has 1 aromatic carbocycles. The van der Waals surface area contributed by atoms with Crippen LogP contribution in [-0.4, -0.2) is 48.8 Å². The molecule has 0 spiro atoms. The monoisotopic (exact) mass is 471 g/mol. The molecule has 0 bridgehead atoms. The number of halogens is 5. The van der Waals surface area contributed by atoms with Gasteiger partial charge in [0.2, 0.25) is 0 Å². The van der Waals surface area contributed by atoms with E-state index in [-0.39, 0.29) is 30.0 Å². The number of hydrogen-bond donors (Lipinski definition) is 1. The zero-order valence-electron chi connectivity index (χ0n) is 17.9. The molecule has 0 saturated carbocycles. The minimum atomic E-state index is -3.02. The first-order valence-corrected chi connectivity index (χ1v) is 9.89. The van der Waals surface area contributed by atoms with Crippen molar-refractivity contribution in [2.24, 2.45) is 10.7 Å². The number of carbonyl (C=O) groups is 1. The largest absolute Gasteiger partial charge is 0.433 e. The Kier molecular flexibility index (Phi) is 7.01. The first kappa shape index (κ1) is 24.6. The van der Waals surface area contributed by atoms with E-state index < -0.39 is 48.5 Å². The van der Waals surface area contributed by atoms with E-state index in [1.165, 1.54) is 32.0 Å². The summed E-state index contributed by atoms with van der Waals surface area (Å²) in [5.74, 6) is -1.70. The fourth-order valence-corrected chi connectivity index (χ4v) is 3.51. The highest BCUT2D eigenvalue weighted by Gasteiger charge is 2.45. The normalized spacial score (nSPS) is 19.9. The number of pyridine rings is 1. The molecule has 1 aromatic heterocycles. The van der Waals surface area contributed by atoms with Gasteiger partial charge >= 0.3 is 6.61 Å². The van der Waals surface area contributed by atoms with Crippen LogP contribution in [0.3, 0.4) is 0 Å². The van der Waals surface area contributed by atoms with Gasteiger partial charge in [0, 0.05) is 12.0 Å². The Morgan fingerprint density at radius 3 is 2.55 bits per heavy atom. The number of hydrogen-bond acceptors (Lipinski definition) is 6. The van der Waals surface area contributed by atoms with E-state index >= 15 is 0 Å². The molecule has 1 aliphatic rings. The van der Waals surface area contributed by atoms with E-state index in [1.807, 2.05) is 0 Å². The molecule has 2 heterocycles. The van der Waals surface area contributed by atoms with Crippen LogP contribution in [0.2, 0.25) is 0 Å². The van der Waals surface area contributed by atoms with Gasteiger partial charge in [-0.05, 0) is 43.2 Å². The number of aliphatic imine (C=N–C) groups is 1. The second-order valence-electron chi connectivity index (χ2n) is 7.95. The number of nitrogens with zero attached hydrogens (tertiary/aromatic N) is 2. The van der Waals surface area contributed by atoms with Crippen LogP contribution in [0.5, 0.6) is 5.75 Å². The molecule has 0 saturated heterocycles. The van der Waals surface area contributed by atoms with Gasteiger partial charge in [-0.3, -0.25) is 9.79 Å². The number of Topliss-reactive ketones (excluding diaryl/α,β-unsaturated/α-hetero) is 1. The van der Waals surface area contributed by atoms with E-state index in [2.05, 4.69) is 14.7 Å². The number of nitrogens with two attached hydrogens (primary N) is 1. The maximum atomic E-state index is 14.7. The number of ketones is 1. The van der Waals surface area contributed by atoms with Gasteiger partial charge in [-0.15, -0.1) is 0 Å². The topological polar surface area (TPSA) is 86.8 Å². The summed E-state index contributed by atoms with van der Waals surface area (Å²) < 4.78 is 75.6. The molecular formula is C22H22F5N3O3. The molecule has 0 aliphatic carbocycles. The number of benzene rings is 1. The standard InChI is InChI=1S/C22H22F5N3O3/c1-12-5-14(33-20(26)27)8-29-18(12)17(31)7-13-3-4-16(25)15(6-13)21(2)11-32-22(9-23,10-24)19(28)30-21/h3-6,8,20H,7,9-11H2,1-2H3,(H2,28,30). The lowest BCUT2D eigenvalue weighted by molar-refractivity contribution is -0.0575. The summed E-state index contributed by atoms with van der Waals surface area (Å²) in [6.07, 6.45) is 0.841. The minimum absolute atomic E-state index is 0.0347. The predicted molar refractivity (Wildman–Crippen MR) is 110 cm³/mol. The van der Waals surface area contributed by atoms with Gasteiger partial charge in [0.15, 0.2) is 11.4 Å². The summed E-state index contributed by atoms with van der Waals surface area (Å²) in [5.41, 5.74) is 3.22. The average molecular weight is 471 g/mol. The second kappa shape index (κ2) is 9.42. The van der Waals surface area contributed by atoms with Crippen molar-refractivity contribution in [3.8, 4) is 5.75 Å². The third-order valence-corrected chi connectivity index (χ3v) is 5.41. The summed E-state index contributed by atoms with van der Waals surface area (Å²) in [6.45, 7) is -2.78. The van der Waals surface area contributed by atoms with Crippen LogP contribution in [0.15, 0.2) is 35.5 Å². The predicted octanol–water partition coefficient (Wildman–Crippen LogP) is 3.84. The Morgan fingerprint density at radius 1 is 1.27 bits per heavy atom. The third kappa shape index (κ3) is 4.97. The van der Waals surface area contributed by atoms with Crippen molar-refractivity contribution in [3.05, 3.63) is 58.7 Å². The highest BCUT2D eigenvalue weighted by atomic mass is 19.3. The lowest BCUT2D eigenvalue weighted by Gasteiger charge is -2.39. The molecule has 33 heavy (non-hydrogen) atoms. The number of rotatable bonds is 8. The van der Waals surface area contributed by atoms with Crippen LogP contribution in [-0.2, 0) is 16.7 Å². The first-order valence-electron chi connectivity index (χ1n) is 9.89. The molecule has 3 rings (SSSR count). The van der Waals surface area contributed by atoms with Crippen LogP contribution in [0.1, 0.15) is 34.1 Å². The smallest absolute Gasteiger partial charge is 0.387 e. The Labute approximate surface area is 186 Å². The highest BCUT2D eigenvalue weighted by molar-refractivity contribution is 5.97. The molecule has 0 radical (unpaired) electrons. The summed E-state index contributed by atoms with van der Waals surface area (Å²) >= 11 is 0. The molecule has 0 fully saturated rings. The number of alkyl halides is 4. The Morgan fingerprint density at radius 2 is 1.97 bits per heavy atom. The number of aryl methyl sites for hydroxylation is 1. The zero-order valence-corrected chi connectivity index (χ0v) is 17.9. The molecule has 2 N–H and O–H groups in total. The van der Waals surface area contributed by atoms with Gasteiger partial charge in [-0.2, -0.15) is 8.78 Å². The minimum Gasteiger partial charge on any atom is -0.433 e. The van der Waals surface area contributed by atoms with Gasteiger partial charge in [0.25, 0.3) is 0 Å². The Hall–Kier alpha value is -3.08. The fraction of sp³-hybridized carbons (Fsp3) is 0.409. The molecule has 6 nitrogen and oxygen atoms in total. The summed E-state index contributed by atoms with van der Waals surface area (Å²) in [7, 11) is 0. The number of ether oxygens (including phenoxy) is 2. The second-order valence-corrected chi connectivity index (χ2v) is 7.95. The average Bonchev–Trinajstić information content (AvgIpc) is 2.75. The van der Waals surface area contributed by atoms with Crippen LogP contribution in [0.25, 0.3) is 0 Å². The zero-order chi connectivity index (χ0) is 24.4. The Balaban J connectivity index is 1.87. The summed E-state index contributed by atoms with van der Waals surface area (Å²) in [5, 5.41) is 0.